The fourth-order valence-corrected chi connectivity index (χ4v) is 4.32. The van der Waals surface area contributed by atoms with Crippen molar-refractivity contribution in [1.82, 2.24) is 4.90 Å². The molecule has 0 radical (unpaired) electrons. The molecule has 0 bridgehead atoms. The zero-order valence-corrected chi connectivity index (χ0v) is 11.2. The number of piperazine rings is 1. The van der Waals surface area contributed by atoms with Gasteiger partial charge in [-0.3, -0.25) is 4.79 Å². The van der Waals surface area contributed by atoms with Crippen molar-refractivity contribution in [2.24, 2.45) is 0 Å². The second-order valence-electron chi connectivity index (χ2n) is 5.21. The van der Waals surface area contributed by atoms with Gasteiger partial charge < -0.3 is 10.2 Å². The lowest BCUT2D eigenvalue weighted by Crippen LogP contribution is -3.02. The maximum Gasteiger partial charge on any atom is 0.233 e. The maximum absolute atomic E-state index is 11.7. The summed E-state index contributed by atoms with van der Waals surface area (Å²) < 4.78 is 0. The quantitative estimate of drug-likeness (QED) is 0.742. The van der Waals surface area contributed by atoms with Crippen molar-refractivity contribution in [2.45, 2.75) is 50.4 Å². The average molecular weight is 243 g/mol. The second-order valence-corrected chi connectivity index (χ2v) is 6.27. The number of carbonyl (C=O) groups excluding carboxylic acids is 1. The maximum atomic E-state index is 11.7. The molecule has 0 aromatic carbocycles. The number of fused-ring (bicyclic) bond motifs is 1. The highest BCUT2D eigenvalue weighted by atomic mass is 32.2. The Morgan fingerprint density at radius 1 is 1.56 bits per heavy atom. The van der Waals surface area contributed by atoms with Gasteiger partial charge in [-0.25, -0.2) is 0 Å². The SMILES string of the molecule is CCCCC[C@]1(C)[NH2+]CCN2C(=O)CS[C@H]21. The van der Waals surface area contributed by atoms with E-state index in [0.29, 0.717) is 17.0 Å². The average Bonchev–Trinajstić information content (AvgIpc) is 2.63. The molecule has 2 atom stereocenters. The van der Waals surface area contributed by atoms with Crippen LogP contribution in [-0.2, 0) is 4.79 Å². The van der Waals surface area contributed by atoms with E-state index < -0.39 is 0 Å². The number of amides is 1. The van der Waals surface area contributed by atoms with Crippen LogP contribution in [0.3, 0.4) is 0 Å². The molecule has 92 valence electrons. The highest BCUT2D eigenvalue weighted by molar-refractivity contribution is 8.01. The minimum Gasteiger partial charge on any atom is -0.338 e. The fourth-order valence-electron chi connectivity index (χ4n) is 2.86. The van der Waals surface area contributed by atoms with Gasteiger partial charge in [-0.2, -0.15) is 0 Å². The zero-order valence-electron chi connectivity index (χ0n) is 10.4. The van der Waals surface area contributed by atoms with Crippen molar-refractivity contribution >= 4 is 17.7 Å². The van der Waals surface area contributed by atoms with Gasteiger partial charge in [0.05, 0.1) is 18.8 Å². The van der Waals surface area contributed by atoms with Gasteiger partial charge in [-0.15, -0.1) is 11.8 Å². The number of thioether (sulfide) groups is 1. The van der Waals surface area contributed by atoms with Crippen molar-refractivity contribution < 1.29 is 10.1 Å². The van der Waals surface area contributed by atoms with Crippen molar-refractivity contribution in [1.29, 1.82) is 0 Å². The van der Waals surface area contributed by atoms with E-state index in [1.54, 1.807) is 0 Å². The molecule has 3 nitrogen and oxygen atoms in total. The summed E-state index contributed by atoms with van der Waals surface area (Å²) in [7, 11) is 0. The standard InChI is InChI=1S/C12H22N2OS/c1-3-4-5-6-12(2)11-14(8-7-13-12)10(15)9-16-11/h11,13H,3-9H2,1-2H3/p+1/t11-,12-/m0/s1. The molecule has 0 saturated carbocycles. The Kier molecular flexibility index (Phi) is 3.80. The third-order valence-electron chi connectivity index (χ3n) is 3.83. The van der Waals surface area contributed by atoms with Crippen LogP contribution in [0.15, 0.2) is 0 Å². The Morgan fingerprint density at radius 2 is 2.38 bits per heavy atom. The first-order valence-corrected chi connectivity index (χ1v) is 7.48. The molecule has 16 heavy (non-hydrogen) atoms. The summed E-state index contributed by atoms with van der Waals surface area (Å²) in [4.78, 5) is 13.8. The summed E-state index contributed by atoms with van der Waals surface area (Å²) in [5, 5.41) is 2.89. The lowest BCUT2D eigenvalue weighted by molar-refractivity contribution is -0.735. The molecule has 0 aromatic rings. The first-order valence-electron chi connectivity index (χ1n) is 6.43. The Morgan fingerprint density at radius 3 is 3.12 bits per heavy atom. The van der Waals surface area contributed by atoms with Gasteiger partial charge in [-0.05, 0) is 13.3 Å². The van der Waals surface area contributed by atoms with Gasteiger partial charge in [0, 0.05) is 6.42 Å². The van der Waals surface area contributed by atoms with E-state index in [1.165, 1.54) is 25.7 Å². The minimum absolute atomic E-state index is 0.254. The lowest BCUT2D eigenvalue weighted by Gasteiger charge is -2.41. The second kappa shape index (κ2) is 4.96. The van der Waals surface area contributed by atoms with Crippen molar-refractivity contribution in [3.05, 3.63) is 0 Å². The van der Waals surface area contributed by atoms with E-state index in [2.05, 4.69) is 24.1 Å². The Hall–Kier alpha value is -0.220. The van der Waals surface area contributed by atoms with Crippen LogP contribution in [0.1, 0.15) is 39.5 Å². The highest BCUT2D eigenvalue weighted by Gasteiger charge is 2.49. The number of rotatable bonds is 4. The van der Waals surface area contributed by atoms with Gasteiger partial charge in [0.1, 0.15) is 10.9 Å². The molecule has 2 heterocycles. The molecule has 4 heteroatoms. The Labute approximate surface area is 102 Å². The van der Waals surface area contributed by atoms with Gasteiger partial charge in [0.25, 0.3) is 0 Å². The first kappa shape index (κ1) is 12.2. The van der Waals surface area contributed by atoms with Crippen LogP contribution in [0, 0.1) is 0 Å². The summed E-state index contributed by atoms with van der Waals surface area (Å²) in [6.45, 7) is 6.60. The number of hydrogen-bond acceptors (Lipinski definition) is 2. The highest BCUT2D eigenvalue weighted by Crippen LogP contribution is 2.34. The van der Waals surface area contributed by atoms with Gasteiger partial charge in [0.15, 0.2) is 0 Å². The molecule has 0 aliphatic carbocycles. The Bertz CT molecular complexity index is 272. The topological polar surface area (TPSA) is 36.9 Å². The normalized spacial score (nSPS) is 34.2. The van der Waals surface area contributed by atoms with Crippen molar-refractivity contribution in [2.75, 3.05) is 18.8 Å². The van der Waals surface area contributed by atoms with E-state index in [9.17, 15) is 4.79 Å². The molecule has 2 N–H and O–H groups in total. The van der Waals surface area contributed by atoms with Crippen LogP contribution in [0.25, 0.3) is 0 Å². The van der Waals surface area contributed by atoms with Crippen LogP contribution in [0.2, 0.25) is 0 Å². The van der Waals surface area contributed by atoms with Gasteiger partial charge in [0.2, 0.25) is 5.91 Å². The summed E-state index contributed by atoms with van der Waals surface area (Å²) >= 11 is 1.84. The smallest absolute Gasteiger partial charge is 0.233 e. The van der Waals surface area contributed by atoms with E-state index in [-0.39, 0.29) is 5.54 Å². The molecule has 1 amide bonds. The number of unbranched alkanes of at least 4 members (excludes halogenated alkanes) is 2. The predicted octanol–water partition coefficient (Wildman–Crippen LogP) is 0.804. The number of quaternary nitrogens is 1. The molecule has 2 aliphatic rings. The van der Waals surface area contributed by atoms with E-state index >= 15 is 0 Å². The fraction of sp³-hybridized carbons (Fsp3) is 0.917. The first-order chi connectivity index (χ1) is 7.67. The number of hydrogen-bond donors (Lipinski definition) is 1. The number of carbonyl (C=O) groups is 1. The summed E-state index contributed by atoms with van der Waals surface area (Å²) in [6, 6.07) is 0. The van der Waals surface area contributed by atoms with Gasteiger partial charge >= 0.3 is 0 Å². The summed E-state index contributed by atoms with van der Waals surface area (Å²) in [5.41, 5.74) is 0.254. The molecule has 2 fully saturated rings. The zero-order chi connectivity index (χ0) is 11.6. The third-order valence-corrected chi connectivity index (χ3v) is 5.35. The monoisotopic (exact) mass is 243 g/mol. The molecule has 2 aliphatic heterocycles. The van der Waals surface area contributed by atoms with Crippen LogP contribution in [0.4, 0.5) is 0 Å². The summed E-state index contributed by atoms with van der Waals surface area (Å²) in [5.74, 6) is 1.05. The van der Waals surface area contributed by atoms with Crippen LogP contribution >= 0.6 is 11.8 Å². The van der Waals surface area contributed by atoms with E-state index in [1.807, 2.05) is 11.8 Å². The molecular weight excluding hydrogens is 220 g/mol. The molecule has 2 rings (SSSR count). The van der Waals surface area contributed by atoms with Gasteiger partial charge in [-0.1, -0.05) is 19.8 Å². The summed E-state index contributed by atoms with van der Waals surface area (Å²) in [6.07, 6.45) is 5.12. The predicted molar refractivity (Wildman–Crippen MR) is 67.3 cm³/mol. The van der Waals surface area contributed by atoms with E-state index in [0.717, 1.165) is 13.1 Å². The molecular formula is C12H23N2OS+. The molecule has 0 spiro atoms. The van der Waals surface area contributed by atoms with Crippen LogP contribution in [-0.4, -0.2) is 40.6 Å². The molecule has 0 unspecified atom stereocenters. The van der Waals surface area contributed by atoms with Crippen LogP contribution < -0.4 is 5.32 Å². The molecule has 0 aromatic heterocycles. The van der Waals surface area contributed by atoms with E-state index in [4.69, 9.17) is 0 Å². The largest absolute Gasteiger partial charge is 0.338 e. The van der Waals surface area contributed by atoms with Crippen molar-refractivity contribution in [3.63, 3.8) is 0 Å². The lowest BCUT2D eigenvalue weighted by atomic mass is 9.91. The Balaban J connectivity index is 1.99. The molecule has 2 saturated heterocycles. The number of nitrogens with zero attached hydrogens (tertiary/aromatic N) is 1. The third kappa shape index (κ3) is 2.23. The van der Waals surface area contributed by atoms with Crippen LogP contribution in [0.5, 0.6) is 0 Å². The van der Waals surface area contributed by atoms with Crippen molar-refractivity contribution in [3.8, 4) is 0 Å². The minimum atomic E-state index is 0.254. The number of nitrogens with two attached hydrogens (primary N) is 1.